The van der Waals surface area contributed by atoms with E-state index in [9.17, 15) is 0 Å². The van der Waals surface area contributed by atoms with E-state index in [0.29, 0.717) is 5.39 Å². The van der Waals surface area contributed by atoms with Crippen molar-refractivity contribution in [2.24, 2.45) is 0 Å². The van der Waals surface area contributed by atoms with Gasteiger partial charge in [0, 0.05) is 5.56 Å². The molecule has 0 heterocycles. The number of nitrogens with zero attached hydrogens (tertiary/aromatic N) is 2. The first-order valence-corrected chi connectivity index (χ1v) is 10.1. The van der Waals surface area contributed by atoms with E-state index < -0.39 is 12.2 Å². The van der Waals surface area contributed by atoms with Crippen molar-refractivity contribution in [3.05, 3.63) is 48.0 Å². The zero-order valence-corrected chi connectivity index (χ0v) is 14.9. The first-order valence-electron chi connectivity index (χ1n) is 7.45. The van der Waals surface area contributed by atoms with Gasteiger partial charge in [0.05, 0.1) is 38.2 Å². The van der Waals surface area contributed by atoms with Gasteiger partial charge in [0.15, 0.2) is 0 Å². The summed E-state index contributed by atoms with van der Waals surface area (Å²) in [6.07, 6.45) is -0.151. The Morgan fingerprint density at radius 2 is 1.52 bits per heavy atom. The van der Waals surface area contributed by atoms with E-state index >= 15 is 8.78 Å². The summed E-state index contributed by atoms with van der Waals surface area (Å²) in [5.74, 6) is 0. The van der Waals surface area contributed by atoms with Crippen molar-refractivity contribution < 1.29 is 17.8 Å². The van der Waals surface area contributed by atoms with E-state index in [2.05, 4.69) is 0 Å². The van der Waals surface area contributed by atoms with Crippen LogP contribution in [-0.4, -0.2) is 13.2 Å². The Morgan fingerprint density at radius 1 is 0.960 bits per heavy atom. The molecule has 0 saturated carbocycles. The first-order chi connectivity index (χ1) is 11.9. The Balaban J connectivity index is 2.38. The summed E-state index contributed by atoms with van der Waals surface area (Å²) in [5, 5.41) is 18.7. The molecule has 2 aromatic rings. The van der Waals surface area contributed by atoms with Gasteiger partial charge in [-0.1, -0.05) is 36.4 Å². The second-order valence-electron chi connectivity index (χ2n) is 5.08. The molecule has 130 valence electrons. The van der Waals surface area contributed by atoms with Gasteiger partial charge in [-0.15, -0.1) is 0 Å². The minimum atomic E-state index is -4.08. The van der Waals surface area contributed by atoms with E-state index in [1.807, 2.05) is 24.3 Å². The maximum Gasteiger partial charge on any atom is 0.345 e. The summed E-state index contributed by atoms with van der Waals surface area (Å²) in [5.41, 5.74) is -3.85. The summed E-state index contributed by atoms with van der Waals surface area (Å²) in [4.78, 5) is 0. The van der Waals surface area contributed by atoms with Crippen LogP contribution in [-0.2, 0) is 26.5 Å². The lowest BCUT2D eigenvalue weighted by Crippen LogP contribution is -2.18. The van der Waals surface area contributed by atoms with Crippen LogP contribution in [0.3, 0.4) is 0 Å². The van der Waals surface area contributed by atoms with Crippen LogP contribution in [0.2, 0.25) is 0 Å². The molecule has 0 aliphatic heterocycles. The summed E-state index contributed by atoms with van der Waals surface area (Å²) in [6, 6.07) is 15.0. The molecule has 0 aliphatic rings. The van der Waals surface area contributed by atoms with Crippen LogP contribution < -0.4 is 0 Å². The van der Waals surface area contributed by atoms with Crippen molar-refractivity contribution in [1.82, 2.24) is 0 Å². The number of halogens is 2. The van der Waals surface area contributed by atoms with Crippen molar-refractivity contribution in [2.45, 2.75) is 18.5 Å². The Morgan fingerprint density at radius 3 is 2.08 bits per heavy atom. The fourth-order valence-electron chi connectivity index (χ4n) is 2.16. The van der Waals surface area contributed by atoms with Gasteiger partial charge in [-0.2, -0.15) is 19.3 Å². The van der Waals surface area contributed by atoms with E-state index in [1.54, 1.807) is 18.2 Å². The third-order valence-corrected chi connectivity index (χ3v) is 6.70. The van der Waals surface area contributed by atoms with E-state index in [4.69, 9.17) is 31.4 Å². The van der Waals surface area contributed by atoms with Crippen LogP contribution >= 0.6 is 6.49 Å². The average molecular weight is 380 g/mol. The van der Waals surface area contributed by atoms with Crippen LogP contribution in [0.1, 0.15) is 18.4 Å². The molecule has 8 heteroatoms. The Bertz CT molecular complexity index is 853. The normalized spacial score (nSPS) is 11.8. The Kier molecular flexibility index (Phi) is 6.58. The molecular weight excluding hydrogens is 365 g/mol. The average Bonchev–Trinajstić information content (AvgIpc) is 2.61. The maximum atomic E-state index is 15.1. The molecule has 0 unspecified atom stereocenters. The van der Waals surface area contributed by atoms with Crippen molar-refractivity contribution in [2.75, 3.05) is 13.2 Å². The fourth-order valence-corrected chi connectivity index (χ4v) is 4.44. The van der Waals surface area contributed by atoms with Gasteiger partial charge in [-0.3, -0.25) is 0 Å². The van der Waals surface area contributed by atoms with Gasteiger partial charge in [0.1, 0.15) is 0 Å². The predicted octanol–water partition coefficient (Wildman–Crippen LogP) is 5.06. The van der Waals surface area contributed by atoms with Crippen LogP contribution in [0.25, 0.3) is 10.8 Å². The highest BCUT2D eigenvalue weighted by Crippen LogP contribution is 2.67. The molecule has 0 bridgehead atoms. The SMILES string of the molecule is N#CCCOP(=S)(OCCC#N)C(F)(F)c1ccc2ccccc2c1. The van der Waals surface area contributed by atoms with E-state index in [-0.39, 0.29) is 31.6 Å². The molecule has 0 radical (unpaired) electrons. The lowest BCUT2D eigenvalue weighted by atomic mass is 10.1. The number of nitriles is 2. The van der Waals surface area contributed by atoms with Gasteiger partial charge in [-0.25, -0.2) is 0 Å². The topological polar surface area (TPSA) is 66.0 Å². The second-order valence-corrected chi connectivity index (χ2v) is 8.60. The molecule has 2 aromatic carbocycles. The zero-order chi connectivity index (χ0) is 18.3. The highest BCUT2D eigenvalue weighted by Gasteiger charge is 2.50. The van der Waals surface area contributed by atoms with Crippen LogP contribution in [0.15, 0.2) is 42.5 Å². The smallest absolute Gasteiger partial charge is 0.324 e. The van der Waals surface area contributed by atoms with Crippen LogP contribution in [0, 0.1) is 22.7 Å². The molecule has 0 amide bonds. The number of hydrogen-bond acceptors (Lipinski definition) is 5. The summed E-state index contributed by atoms with van der Waals surface area (Å²) >= 11 is 5.07. The van der Waals surface area contributed by atoms with Gasteiger partial charge in [-0.05, 0) is 28.6 Å². The molecule has 0 aliphatic carbocycles. The highest BCUT2D eigenvalue weighted by molar-refractivity contribution is 8.10. The highest BCUT2D eigenvalue weighted by atomic mass is 32.5. The third-order valence-electron chi connectivity index (χ3n) is 3.39. The largest absolute Gasteiger partial charge is 0.345 e. The van der Waals surface area contributed by atoms with Gasteiger partial charge in [0.25, 0.3) is 6.49 Å². The van der Waals surface area contributed by atoms with Crippen molar-refractivity contribution in [3.63, 3.8) is 0 Å². The van der Waals surface area contributed by atoms with Gasteiger partial charge in [0.2, 0.25) is 0 Å². The lowest BCUT2D eigenvalue weighted by molar-refractivity contribution is 0.0542. The minimum Gasteiger partial charge on any atom is -0.324 e. The first kappa shape index (κ1) is 19.4. The Hall–Kier alpha value is -1.89. The number of benzene rings is 2. The fraction of sp³-hybridized carbons (Fsp3) is 0.294. The summed E-state index contributed by atoms with van der Waals surface area (Å²) in [7, 11) is 0. The lowest BCUT2D eigenvalue weighted by Gasteiger charge is -2.30. The molecule has 0 saturated heterocycles. The predicted molar refractivity (Wildman–Crippen MR) is 94.5 cm³/mol. The van der Waals surface area contributed by atoms with Gasteiger partial charge >= 0.3 is 5.66 Å². The number of fused-ring (bicyclic) bond motifs is 1. The molecule has 25 heavy (non-hydrogen) atoms. The minimum absolute atomic E-state index is 0.0756. The van der Waals surface area contributed by atoms with Crippen molar-refractivity contribution in [1.29, 1.82) is 10.5 Å². The molecule has 0 spiro atoms. The molecule has 0 aromatic heterocycles. The molecule has 0 N–H and O–H groups in total. The van der Waals surface area contributed by atoms with E-state index in [1.165, 1.54) is 12.1 Å². The number of hydrogen-bond donors (Lipinski definition) is 0. The van der Waals surface area contributed by atoms with Crippen molar-refractivity contribution in [3.8, 4) is 12.1 Å². The summed E-state index contributed by atoms with van der Waals surface area (Å²) in [6.45, 7) is -4.58. The van der Waals surface area contributed by atoms with Crippen LogP contribution in [0.4, 0.5) is 8.78 Å². The monoisotopic (exact) mass is 380 g/mol. The summed E-state index contributed by atoms with van der Waals surface area (Å²) < 4.78 is 40.6. The molecule has 4 nitrogen and oxygen atoms in total. The maximum absolute atomic E-state index is 15.1. The Labute approximate surface area is 149 Å². The molecular formula is C17H15F2N2O2PS. The zero-order valence-electron chi connectivity index (χ0n) is 13.2. The van der Waals surface area contributed by atoms with Gasteiger partial charge < -0.3 is 9.05 Å². The second kappa shape index (κ2) is 8.47. The third kappa shape index (κ3) is 4.39. The number of alkyl halides is 2. The molecule has 0 atom stereocenters. The molecule has 0 fully saturated rings. The van der Waals surface area contributed by atoms with E-state index in [0.717, 1.165) is 5.39 Å². The van der Waals surface area contributed by atoms with Crippen LogP contribution in [0.5, 0.6) is 0 Å². The molecule has 2 rings (SSSR count). The quantitative estimate of drug-likeness (QED) is 0.473. The van der Waals surface area contributed by atoms with Crippen molar-refractivity contribution >= 4 is 29.1 Å². The number of rotatable bonds is 8. The standard InChI is InChI=1S/C17H15F2N2O2PS/c18-17(19,16-8-7-14-5-1-2-6-15(14)13-16)24(25,22-11-3-9-20)23-12-4-10-21/h1-2,5-8,13H,3-4,11-12H2.